The molecule has 136 valence electrons. The molecule has 0 saturated carbocycles. The number of rotatable bonds is 6. The maximum absolute atomic E-state index is 12.2. The zero-order chi connectivity index (χ0) is 18.5. The third-order valence-electron chi connectivity index (χ3n) is 3.99. The highest BCUT2D eigenvalue weighted by molar-refractivity contribution is 6.30. The zero-order valence-electron chi connectivity index (χ0n) is 14.3. The van der Waals surface area contributed by atoms with Crippen molar-refractivity contribution >= 4 is 23.4 Å². The van der Waals surface area contributed by atoms with Gasteiger partial charge in [-0.25, -0.2) is 0 Å². The van der Waals surface area contributed by atoms with Gasteiger partial charge in [0.05, 0.1) is 6.54 Å². The van der Waals surface area contributed by atoms with Gasteiger partial charge in [-0.1, -0.05) is 29.8 Å². The molecular weight excluding hydrogens is 356 g/mol. The average Bonchev–Trinajstić information content (AvgIpc) is 3.08. The summed E-state index contributed by atoms with van der Waals surface area (Å²) in [5.41, 5.74) is 1.81. The Balaban J connectivity index is 1.56. The van der Waals surface area contributed by atoms with Crippen molar-refractivity contribution in [1.29, 1.82) is 0 Å². The predicted molar refractivity (Wildman–Crippen MR) is 97.0 cm³/mol. The molecular formula is C19H19ClN2O4. The number of ether oxygens (including phenoxy) is 2. The number of carbonyl (C=O) groups excluding carboxylic acids is 2. The van der Waals surface area contributed by atoms with Crippen LogP contribution in [0.3, 0.4) is 0 Å². The maximum atomic E-state index is 12.2. The van der Waals surface area contributed by atoms with Crippen LogP contribution in [-0.2, 0) is 22.7 Å². The standard InChI is InChI=1S/C19H19ClN2O4/c1-13(23)22(10-15-4-7-17-18(8-15)26-12-25-17)11-19(24)21-9-14-2-5-16(20)6-3-14/h2-8H,9-12H2,1H3,(H,21,24). The number of nitrogens with zero attached hydrogens (tertiary/aromatic N) is 1. The summed E-state index contributed by atoms with van der Waals surface area (Å²) >= 11 is 5.84. The minimum Gasteiger partial charge on any atom is -0.454 e. The molecule has 3 rings (SSSR count). The summed E-state index contributed by atoms with van der Waals surface area (Å²) in [7, 11) is 0. The van der Waals surface area contributed by atoms with Crippen LogP contribution in [-0.4, -0.2) is 30.1 Å². The molecule has 2 aromatic carbocycles. The van der Waals surface area contributed by atoms with E-state index >= 15 is 0 Å². The van der Waals surface area contributed by atoms with E-state index in [1.54, 1.807) is 18.2 Å². The molecule has 0 aromatic heterocycles. The molecule has 1 aliphatic heterocycles. The predicted octanol–water partition coefficient (Wildman–Crippen LogP) is 2.73. The molecule has 2 amide bonds. The highest BCUT2D eigenvalue weighted by Gasteiger charge is 2.17. The zero-order valence-corrected chi connectivity index (χ0v) is 15.1. The highest BCUT2D eigenvalue weighted by atomic mass is 35.5. The lowest BCUT2D eigenvalue weighted by Crippen LogP contribution is -2.39. The van der Waals surface area contributed by atoms with Crippen molar-refractivity contribution in [3.63, 3.8) is 0 Å². The fraction of sp³-hybridized carbons (Fsp3) is 0.263. The molecule has 26 heavy (non-hydrogen) atoms. The first kappa shape index (κ1) is 18.1. The van der Waals surface area contributed by atoms with E-state index in [1.165, 1.54) is 11.8 Å². The van der Waals surface area contributed by atoms with Gasteiger partial charge in [0.1, 0.15) is 0 Å². The van der Waals surface area contributed by atoms with E-state index in [4.69, 9.17) is 21.1 Å². The number of nitrogens with one attached hydrogen (secondary N) is 1. The number of fused-ring (bicyclic) bond motifs is 1. The number of carbonyl (C=O) groups is 2. The van der Waals surface area contributed by atoms with Crippen molar-refractivity contribution in [1.82, 2.24) is 10.2 Å². The number of benzene rings is 2. The molecule has 7 heteroatoms. The van der Waals surface area contributed by atoms with Gasteiger partial charge in [0.25, 0.3) is 0 Å². The van der Waals surface area contributed by atoms with Gasteiger partial charge >= 0.3 is 0 Å². The van der Waals surface area contributed by atoms with Gasteiger partial charge < -0.3 is 19.7 Å². The molecule has 0 fully saturated rings. The summed E-state index contributed by atoms with van der Waals surface area (Å²) in [6, 6.07) is 12.7. The van der Waals surface area contributed by atoms with Crippen molar-refractivity contribution < 1.29 is 19.1 Å². The Morgan fingerprint density at radius 3 is 2.50 bits per heavy atom. The van der Waals surface area contributed by atoms with Gasteiger partial charge in [-0.05, 0) is 35.4 Å². The van der Waals surface area contributed by atoms with Crippen molar-refractivity contribution in [3.8, 4) is 11.5 Å². The van der Waals surface area contributed by atoms with E-state index in [1.807, 2.05) is 24.3 Å². The number of halogens is 1. The van der Waals surface area contributed by atoms with Crippen LogP contribution in [0.5, 0.6) is 11.5 Å². The lowest BCUT2D eigenvalue weighted by atomic mass is 10.2. The quantitative estimate of drug-likeness (QED) is 0.844. The normalized spacial score (nSPS) is 11.9. The Morgan fingerprint density at radius 2 is 1.77 bits per heavy atom. The summed E-state index contributed by atoms with van der Waals surface area (Å²) in [4.78, 5) is 25.6. The van der Waals surface area contributed by atoms with E-state index in [-0.39, 0.29) is 25.2 Å². The van der Waals surface area contributed by atoms with E-state index in [9.17, 15) is 9.59 Å². The molecule has 0 saturated heterocycles. The number of hydrogen-bond acceptors (Lipinski definition) is 4. The molecule has 0 aliphatic carbocycles. The highest BCUT2D eigenvalue weighted by Crippen LogP contribution is 2.32. The van der Waals surface area contributed by atoms with Crippen LogP contribution >= 0.6 is 11.6 Å². The molecule has 6 nitrogen and oxygen atoms in total. The molecule has 1 heterocycles. The van der Waals surface area contributed by atoms with E-state index in [0.29, 0.717) is 29.6 Å². The molecule has 0 radical (unpaired) electrons. The van der Waals surface area contributed by atoms with Crippen LogP contribution in [0.2, 0.25) is 5.02 Å². The Morgan fingerprint density at radius 1 is 1.08 bits per heavy atom. The van der Waals surface area contributed by atoms with Crippen LogP contribution < -0.4 is 14.8 Å². The Hall–Kier alpha value is -2.73. The van der Waals surface area contributed by atoms with Crippen molar-refractivity contribution in [2.24, 2.45) is 0 Å². The first-order chi connectivity index (χ1) is 12.5. The smallest absolute Gasteiger partial charge is 0.239 e. The SMILES string of the molecule is CC(=O)N(CC(=O)NCc1ccc(Cl)cc1)Cc1ccc2c(c1)OCO2. The maximum Gasteiger partial charge on any atom is 0.239 e. The Kier molecular flexibility index (Phi) is 5.63. The molecule has 1 aliphatic rings. The third kappa shape index (κ3) is 4.67. The second kappa shape index (κ2) is 8.10. The molecule has 0 unspecified atom stereocenters. The molecule has 1 N–H and O–H groups in total. The van der Waals surface area contributed by atoms with Crippen molar-refractivity contribution in [2.75, 3.05) is 13.3 Å². The largest absolute Gasteiger partial charge is 0.454 e. The van der Waals surface area contributed by atoms with Gasteiger partial charge in [0, 0.05) is 25.0 Å². The van der Waals surface area contributed by atoms with Crippen LogP contribution in [0.25, 0.3) is 0 Å². The Bertz CT molecular complexity index is 808. The van der Waals surface area contributed by atoms with Crippen molar-refractivity contribution in [3.05, 3.63) is 58.6 Å². The van der Waals surface area contributed by atoms with Crippen LogP contribution in [0.1, 0.15) is 18.1 Å². The fourth-order valence-corrected chi connectivity index (χ4v) is 2.70. The second-order valence-electron chi connectivity index (χ2n) is 5.97. The summed E-state index contributed by atoms with van der Waals surface area (Å²) in [6.45, 7) is 2.32. The fourth-order valence-electron chi connectivity index (χ4n) is 2.57. The Labute approximate surface area is 156 Å². The summed E-state index contributed by atoms with van der Waals surface area (Å²) < 4.78 is 10.6. The first-order valence-electron chi connectivity index (χ1n) is 8.16. The first-order valence-corrected chi connectivity index (χ1v) is 8.54. The molecule has 0 atom stereocenters. The number of hydrogen-bond donors (Lipinski definition) is 1. The van der Waals surface area contributed by atoms with Gasteiger partial charge in [0.2, 0.25) is 18.6 Å². The minimum atomic E-state index is -0.226. The van der Waals surface area contributed by atoms with Gasteiger partial charge in [0.15, 0.2) is 11.5 Å². The lowest BCUT2D eigenvalue weighted by molar-refractivity contribution is -0.135. The van der Waals surface area contributed by atoms with Gasteiger partial charge in [-0.15, -0.1) is 0 Å². The van der Waals surface area contributed by atoms with Crippen LogP contribution in [0.15, 0.2) is 42.5 Å². The van der Waals surface area contributed by atoms with Gasteiger partial charge in [-0.2, -0.15) is 0 Å². The lowest BCUT2D eigenvalue weighted by Gasteiger charge is -2.21. The second-order valence-corrected chi connectivity index (χ2v) is 6.40. The molecule has 2 aromatic rings. The third-order valence-corrected chi connectivity index (χ3v) is 4.25. The monoisotopic (exact) mass is 374 g/mol. The van der Waals surface area contributed by atoms with Gasteiger partial charge in [-0.3, -0.25) is 9.59 Å². The molecule has 0 spiro atoms. The average molecular weight is 375 g/mol. The topological polar surface area (TPSA) is 67.9 Å². The van der Waals surface area contributed by atoms with E-state index in [2.05, 4.69) is 5.32 Å². The summed E-state index contributed by atoms with van der Waals surface area (Å²) in [5.74, 6) is 0.933. The van der Waals surface area contributed by atoms with Crippen LogP contribution in [0, 0.1) is 0 Å². The van der Waals surface area contributed by atoms with E-state index in [0.717, 1.165) is 11.1 Å². The van der Waals surface area contributed by atoms with Crippen LogP contribution in [0.4, 0.5) is 0 Å². The minimum absolute atomic E-state index is 0.0165. The summed E-state index contributed by atoms with van der Waals surface area (Å²) in [5, 5.41) is 3.46. The van der Waals surface area contributed by atoms with Crippen molar-refractivity contribution in [2.45, 2.75) is 20.0 Å². The number of amides is 2. The van der Waals surface area contributed by atoms with E-state index < -0.39 is 0 Å². The summed E-state index contributed by atoms with van der Waals surface area (Å²) in [6.07, 6.45) is 0. The molecule has 0 bridgehead atoms.